The Labute approximate surface area is 181 Å². The first-order valence-electron chi connectivity index (χ1n) is 11.9. The molecule has 4 fully saturated rings. The van der Waals surface area contributed by atoms with Gasteiger partial charge in [0.2, 0.25) is 0 Å². The van der Waals surface area contributed by atoms with E-state index in [9.17, 15) is 23.1 Å². The number of imidazole rings is 1. The first kappa shape index (κ1) is 21.5. The van der Waals surface area contributed by atoms with E-state index in [-0.39, 0.29) is 30.1 Å². The molecule has 0 bridgehead atoms. The zero-order chi connectivity index (χ0) is 22.0. The molecule has 4 saturated carbocycles. The molecule has 0 aliphatic heterocycles. The van der Waals surface area contributed by atoms with Gasteiger partial charge in [-0.25, -0.2) is 4.98 Å². The average Bonchev–Trinajstić information content (AvgIpc) is 3.33. The molecule has 1 aromatic rings. The summed E-state index contributed by atoms with van der Waals surface area (Å²) < 4.78 is 42.1. The fourth-order valence-electron chi connectivity index (χ4n) is 8.34. The van der Waals surface area contributed by atoms with Crippen LogP contribution in [0.25, 0.3) is 0 Å². The van der Waals surface area contributed by atoms with Gasteiger partial charge >= 0.3 is 6.18 Å². The van der Waals surface area contributed by atoms with E-state index in [4.69, 9.17) is 0 Å². The summed E-state index contributed by atoms with van der Waals surface area (Å²) in [4.78, 5) is 17.2. The van der Waals surface area contributed by atoms with Crippen LogP contribution < -0.4 is 0 Å². The van der Waals surface area contributed by atoms with Crippen LogP contribution in [0.15, 0.2) is 18.7 Å². The normalized spacial score (nSPS) is 44.9. The predicted octanol–water partition coefficient (Wildman–Crippen LogP) is 5.01. The standard InChI is InChI=1S/C24H33F3N2O2/c1-22-8-6-17-16-7-9-23(31,24(25,26)27)12-15(16)2-3-18(17)19(22)4-5-20(22)21(30)13-29-11-10-28-14-29/h10-11,14-20,31H,2-9,12-13H2,1H3/t15-,16+,17-,18?,19+,20-,22+,23-/m1/s1. The van der Waals surface area contributed by atoms with Crippen LogP contribution in [0.5, 0.6) is 0 Å². The maximum atomic E-state index is 13.4. The number of rotatable bonds is 3. The van der Waals surface area contributed by atoms with Crippen LogP contribution in [0.2, 0.25) is 0 Å². The molecule has 1 N–H and O–H groups in total. The van der Waals surface area contributed by atoms with E-state index < -0.39 is 11.8 Å². The van der Waals surface area contributed by atoms with Gasteiger partial charge in [0.1, 0.15) is 0 Å². The van der Waals surface area contributed by atoms with E-state index in [0.29, 0.717) is 42.4 Å². The summed E-state index contributed by atoms with van der Waals surface area (Å²) in [5, 5.41) is 10.3. The SMILES string of the molecule is C[C@]12CC[C@H]3C(CC[C@@H]4C[C@@](O)(C(F)(F)F)CC[C@@H]43)[C@@H]1CC[C@@H]2C(=O)Cn1ccnc1. The topological polar surface area (TPSA) is 55.1 Å². The lowest BCUT2D eigenvalue weighted by Crippen LogP contribution is -2.55. The molecule has 1 heterocycles. The fourth-order valence-corrected chi connectivity index (χ4v) is 8.34. The highest BCUT2D eigenvalue weighted by atomic mass is 19.4. The summed E-state index contributed by atoms with van der Waals surface area (Å²) >= 11 is 0. The van der Waals surface area contributed by atoms with E-state index in [0.717, 1.165) is 38.5 Å². The van der Waals surface area contributed by atoms with Crippen molar-refractivity contribution in [2.45, 2.75) is 83.0 Å². The van der Waals surface area contributed by atoms with Crippen LogP contribution in [0.3, 0.4) is 0 Å². The van der Waals surface area contributed by atoms with Crippen LogP contribution in [0, 0.1) is 40.9 Å². The molecule has 7 heteroatoms. The third-order valence-electron chi connectivity index (χ3n) is 9.82. The van der Waals surface area contributed by atoms with Gasteiger partial charge in [-0.15, -0.1) is 0 Å². The van der Waals surface area contributed by atoms with E-state index in [1.807, 2.05) is 10.8 Å². The molecule has 4 aliphatic carbocycles. The molecule has 4 aliphatic rings. The Morgan fingerprint density at radius 3 is 2.58 bits per heavy atom. The van der Waals surface area contributed by atoms with Crippen molar-refractivity contribution in [3.8, 4) is 0 Å². The third kappa shape index (κ3) is 3.37. The molecule has 0 spiro atoms. The second-order valence-corrected chi connectivity index (χ2v) is 11.1. The quantitative estimate of drug-likeness (QED) is 0.721. The van der Waals surface area contributed by atoms with Crippen LogP contribution in [0.1, 0.15) is 64.7 Å². The highest BCUT2D eigenvalue weighted by Crippen LogP contribution is 2.65. The van der Waals surface area contributed by atoms with Crippen molar-refractivity contribution in [3.63, 3.8) is 0 Å². The van der Waals surface area contributed by atoms with E-state index in [1.54, 1.807) is 12.5 Å². The number of aromatic nitrogens is 2. The second kappa shape index (κ2) is 7.32. The fraction of sp³-hybridized carbons (Fsp3) is 0.833. The Hall–Kier alpha value is -1.37. The summed E-state index contributed by atoms with van der Waals surface area (Å²) in [7, 11) is 0. The zero-order valence-electron chi connectivity index (χ0n) is 18.2. The molecule has 0 amide bonds. The Balaban J connectivity index is 1.30. The number of nitrogens with zero attached hydrogens (tertiary/aromatic N) is 2. The van der Waals surface area contributed by atoms with Crippen LogP contribution in [-0.4, -0.2) is 32.2 Å². The minimum Gasteiger partial charge on any atom is -0.380 e. The van der Waals surface area contributed by atoms with Gasteiger partial charge in [-0.3, -0.25) is 4.79 Å². The predicted molar refractivity (Wildman–Crippen MR) is 109 cm³/mol. The first-order valence-corrected chi connectivity index (χ1v) is 11.9. The number of alkyl halides is 3. The van der Waals surface area contributed by atoms with Gasteiger partial charge < -0.3 is 9.67 Å². The minimum absolute atomic E-state index is 0.00699. The molecule has 0 aromatic carbocycles. The van der Waals surface area contributed by atoms with Gasteiger partial charge in [-0.1, -0.05) is 6.92 Å². The molecule has 5 rings (SSSR count). The summed E-state index contributed by atoms with van der Waals surface area (Å²) in [6.45, 7) is 2.68. The Bertz CT molecular complexity index is 825. The highest BCUT2D eigenvalue weighted by Gasteiger charge is 2.62. The van der Waals surface area contributed by atoms with Crippen LogP contribution in [0.4, 0.5) is 13.2 Å². The van der Waals surface area contributed by atoms with Gasteiger partial charge in [0, 0.05) is 18.3 Å². The molecule has 0 radical (unpaired) electrons. The van der Waals surface area contributed by atoms with E-state index >= 15 is 0 Å². The molecule has 8 atom stereocenters. The number of fused-ring (bicyclic) bond motifs is 5. The average molecular weight is 439 g/mol. The summed E-state index contributed by atoms with van der Waals surface area (Å²) in [5.74, 6) is 2.11. The highest BCUT2D eigenvalue weighted by molar-refractivity contribution is 5.82. The van der Waals surface area contributed by atoms with E-state index in [1.165, 1.54) is 0 Å². The largest absolute Gasteiger partial charge is 0.417 e. The molecule has 0 saturated heterocycles. The minimum atomic E-state index is -4.53. The number of hydrogen-bond donors (Lipinski definition) is 1. The second-order valence-electron chi connectivity index (χ2n) is 11.1. The van der Waals surface area contributed by atoms with Gasteiger partial charge in [0.05, 0.1) is 12.9 Å². The maximum Gasteiger partial charge on any atom is 0.417 e. The Kier molecular flexibility index (Phi) is 5.07. The smallest absolute Gasteiger partial charge is 0.380 e. The molecule has 172 valence electrons. The Morgan fingerprint density at radius 1 is 1.10 bits per heavy atom. The molecule has 1 aromatic heterocycles. The van der Waals surface area contributed by atoms with Crippen molar-refractivity contribution in [1.29, 1.82) is 0 Å². The lowest BCUT2D eigenvalue weighted by atomic mass is 9.49. The lowest BCUT2D eigenvalue weighted by molar-refractivity contribution is -0.282. The number of carbonyl (C=O) groups is 1. The maximum absolute atomic E-state index is 13.4. The summed E-state index contributed by atoms with van der Waals surface area (Å²) in [6.07, 6.45) is 6.60. The molecule has 4 nitrogen and oxygen atoms in total. The molecular weight excluding hydrogens is 405 g/mol. The number of aliphatic hydroxyl groups is 1. The summed E-state index contributed by atoms with van der Waals surface area (Å²) in [6, 6.07) is 0. The number of ketones is 1. The monoisotopic (exact) mass is 438 g/mol. The Morgan fingerprint density at radius 2 is 1.87 bits per heavy atom. The van der Waals surface area contributed by atoms with Gasteiger partial charge in [0.25, 0.3) is 0 Å². The zero-order valence-corrected chi connectivity index (χ0v) is 18.2. The van der Waals surface area contributed by atoms with Crippen molar-refractivity contribution < 1.29 is 23.1 Å². The summed E-state index contributed by atoms with van der Waals surface area (Å²) in [5.41, 5.74) is -2.49. The first-order chi connectivity index (χ1) is 14.6. The van der Waals surface area contributed by atoms with E-state index in [2.05, 4.69) is 11.9 Å². The van der Waals surface area contributed by atoms with Crippen LogP contribution in [-0.2, 0) is 11.3 Å². The van der Waals surface area contributed by atoms with Gasteiger partial charge in [0.15, 0.2) is 11.4 Å². The number of hydrogen-bond acceptors (Lipinski definition) is 3. The number of Topliss-reactive ketones (excluding diaryl/α,β-unsaturated/α-hetero) is 1. The van der Waals surface area contributed by atoms with Gasteiger partial charge in [-0.05, 0) is 92.8 Å². The van der Waals surface area contributed by atoms with Crippen LogP contribution >= 0.6 is 0 Å². The molecule has 31 heavy (non-hydrogen) atoms. The molecular formula is C24H33F3N2O2. The third-order valence-corrected chi connectivity index (χ3v) is 9.82. The van der Waals surface area contributed by atoms with Crippen molar-refractivity contribution in [2.24, 2.45) is 40.9 Å². The number of halogens is 3. The van der Waals surface area contributed by atoms with Crippen molar-refractivity contribution in [2.75, 3.05) is 0 Å². The van der Waals surface area contributed by atoms with Gasteiger partial charge in [-0.2, -0.15) is 13.2 Å². The molecule has 1 unspecified atom stereocenters. The van der Waals surface area contributed by atoms with Crippen molar-refractivity contribution >= 4 is 5.78 Å². The number of carbonyl (C=O) groups excluding carboxylic acids is 1. The lowest BCUT2D eigenvalue weighted by Gasteiger charge is -2.57. The van der Waals surface area contributed by atoms with Crippen molar-refractivity contribution in [3.05, 3.63) is 18.7 Å². The van der Waals surface area contributed by atoms with Crippen molar-refractivity contribution in [1.82, 2.24) is 9.55 Å².